The zero-order valence-electron chi connectivity index (χ0n) is 11.4. The highest BCUT2D eigenvalue weighted by Crippen LogP contribution is 2.19. The third-order valence-corrected chi connectivity index (χ3v) is 4.73. The summed E-state index contributed by atoms with van der Waals surface area (Å²) in [4.78, 5) is 0. The average molecular weight is 295 g/mol. The number of sulfone groups is 1. The van der Waals surface area contributed by atoms with Crippen molar-refractivity contribution in [2.75, 3.05) is 16.8 Å². The fraction of sp³-hybridized carbons (Fsp3) is 0.417. The summed E-state index contributed by atoms with van der Waals surface area (Å²) in [6, 6.07) is 7.27. The molecule has 20 heavy (non-hydrogen) atoms. The van der Waals surface area contributed by atoms with Crippen molar-refractivity contribution in [3.63, 3.8) is 0 Å². The van der Waals surface area contributed by atoms with Gasteiger partial charge in [-0.2, -0.15) is 4.68 Å². The van der Waals surface area contributed by atoms with Crippen molar-refractivity contribution in [3.8, 4) is 5.69 Å². The Morgan fingerprint density at radius 3 is 2.75 bits per heavy atom. The molecule has 108 valence electrons. The molecule has 1 aromatic carbocycles. The number of hydrogen-bond acceptors (Lipinski definition) is 6. The predicted octanol–water partition coefficient (Wildman–Crippen LogP) is 0.897. The van der Waals surface area contributed by atoms with E-state index in [2.05, 4.69) is 20.8 Å². The third kappa shape index (κ3) is 3.53. The number of aromatic nitrogens is 4. The molecule has 7 nitrogen and oxygen atoms in total. The predicted molar refractivity (Wildman–Crippen MR) is 76.6 cm³/mol. The van der Waals surface area contributed by atoms with Gasteiger partial charge in [0.25, 0.3) is 0 Å². The van der Waals surface area contributed by atoms with Gasteiger partial charge in [0.1, 0.15) is 6.33 Å². The summed E-state index contributed by atoms with van der Waals surface area (Å²) in [5.74, 6) is 0.237. The smallest absolute Gasteiger partial charge is 0.152 e. The number of nitrogens with zero attached hydrogens (tertiary/aromatic N) is 4. The van der Waals surface area contributed by atoms with E-state index in [0.717, 1.165) is 11.4 Å². The van der Waals surface area contributed by atoms with Gasteiger partial charge in [-0.1, -0.05) is 19.1 Å². The second-order valence-corrected chi connectivity index (χ2v) is 6.91. The molecule has 0 bridgehead atoms. The van der Waals surface area contributed by atoms with E-state index >= 15 is 0 Å². The van der Waals surface area contributed by atoms with Crippen LogP contribution in [0, 0.1) is 0 Å². The molecule has 1 N–H and O–H groups in total. The van der Waals surface area contributed by atoms with Gasteiger partial charge in [0.2, 0.25) is 0 Å². The highest BCUT2D eigenvalue weighted by molar-refractivity contribution is 7.91. The standard InChI is InChI=1S/C12H17N5O2S/c1-3-20(18,19)8-10(2)14-11-6-4-5-7-12(11)17-9-13-15-16-17/h4-7,9-10,14H,3,8H2,1-2H3. The summed E-state index contributed by atoms with van der Waals surface area (Å²) < 4.78 is 24.8. The molecule has 2 aromatic rings. The summed E-state index contributed by atoms with van der Waals surface area (Å²) in [6.45, 7) is 3.49. The Bertz CT molecular complexity index is 654. The van der Waals surface area contributed by atoms with Crippen LogP contribution in [0.5, 0.6) is 0 Å². The number of benzene rings is 1. The lowest BCUT2D eigenvalue weighted by molar-refractivity contribution is 0.593. The van der Waals surface area contributed by atoms with Crippen molar-refractivity contribution in [2.45, 2.75) is 19.9 Å². The van der Waals surface area contributed by atoms with Crippen LogP contribution in [-0.4, -0.2) is 46.2 Å². The maximum atomic E-state index is 11.6. The van der Waals surface area contributed by atoms with Crippen molar-refractivity contribution in [1.82, 2.24) is 20.2 Å². The zero-order valence-corrected chi connectivity index (χ0v) is 12.2. The Hall–Kier alpha value is -1.96. The van der Waals surface area contributed by atoms with Crippen LogP contribution in [0.15, 0.2) is 30.6 Å². The largest absolute Gasteiger partial charge is 0.380 e. The van der Waals surface area contributed by atoms with E-state index in [1.807, 2.05) is 31.2 Å². The van der Waals surface area contributed by atoms with Gasteiger partial charge in [-0.25, -0.2) is 8.42 Å². The molecule has 0 spiro atoms. The molecular formula is C12H17N5O2S. The van der Waals surface area contributed by atoms with E-state index in [1.54, 1.807) is 6.92 Å². The Kier molecular flexibility index (Phi) is 4.33. The molecule has 8 heteroatoms. The summed E-state index contributed by atoms with van der Waals surface area (Å²) in [6.07, 6.45) is 1.49. The molecule has 0 radical (unpaired) electrons. The van der Waals surface area contributed by atoms with Crippen LogP contribution in [0.3, 0.4) is 0 Å². The lowest BCUT2D eigenvalue weighted by atomic mass is 10.2. The first-order valence-electron chi connectivity index (χ1n) is 6.31. The third-order valence-electron chi connectivity index (χ3n) is 2.85. The maximum Gasteiger partial charge on any atom is 0.152 e. The summed E-state index contributed by atoms with van der Waals surface area (Å²) >= 11 is 0. The lowest BCUT2D eigenvalue weighted by Gasteiger charge is -2.17. The SMILES string of the molecule is CCS(=O)(=O)CC(C)Nc1ccccc1-n1cnnn1. The highest BCUT2D eigenvalue weighted by atomic mass is 32.2. The first-order valence-corrected chi connectivity index (χ1v) is 8.13. The van der Waals surface area contributed by atoms with Gasteiger partial charge in [0, 0.05) is 11.8 Å². The monoisotopic (exact) mass is 295 g/mol. The fourth-order valence-electron chi connectivity index (χ4n) is 1.87. The Balaban J connectivity index is 2.18. The quantitative estimate of drug-likeness (QED) is 0.851. The Morgan fingerprint density at radius 2 is 2.10 bits per heavy atom. The molecule has 1 heterocycles. The summed E-state index contributed by atoms with van der Waals surface area (Å²) in [7, 11) is -3.02. The van der Waals surface area contributed by atoms with E-state index in [9.17, 15) is 8.42 Å². The summed E-state index contributed by atoms with van der Waals surface area (Å²) in [5, 5.41) is 14.2. The van der Waals surface area contributed by atoms with E-state index in [0.29, 0.717) is 0 Å². The molecule has 1 atom stereocenters. The average Bonchev–Trinajstić information content (AvgIpc) is 2.92. The maximum absolute atomic E-state index is 11.6. The number of para-hydroxylation sites is 2. The highest BCUT2D eigenvalue weighted by Gasteiger charge is 2.15. The molecular weight excluding hydrogens is 278 g/mol. The Labute approximate surface area is 117 Å². The molecule has 0 aliphatic heterocycles. The van der Waals surface area contributed by atoms with Crippen molar-refractivity contribution in [3.05, 3.63) is 30.6 Å². The van der Waals surface area contributed by atoms with Gasteiger partial charge in [-0.05, 0) is 29.5 Å². The number of tetrazole rings is 1. The molecule has 1 aromatic heterocycles. The van der Waals surface area contributed by atoms with E-state index < -0.39 is 9.84 Å². The molecule has 0 amide bonds. The number of nitrogens with one attached hydrogen (secondary N) is 1. The number of rotatable bonds is 6. The van der Waals surface area contributed by atoms with Gasteiger partial charge in [-0.15, -0.1) is 5.10 Å². The second kappa shape index (κ2) is 6.00. The van der Waals surface area contributed by atoms with Crippen LogP contribution in [0.1, 0.15) is 13.8 Å². The molecule has 1 unspecified atom stereocenters. The molecule has 2 rings (SSSR count). The van der Waals surface area contributed by atoms with E-state index in [1.165, 1.54) is 11.0 Å². The number of hydrogen-bond donors (Lipinski definition) is 1. The molecule has 0 saturated heterocycles. The minimum absolute atomic E-state index is 0.0907. The van der Waals surface area contributed by atoms with Crippen LogP contribution >= 0.6 is 0 Å². The van der Waals surface area contributed by atoms with Crippen LogP contribution < -0.4 is 5.32 Å². The van der Waals surface area contributed by atoms with Crippen molar-refractivity contribution >= 4 is 15.5 Å². The van der Waals surface area contributed by atoms with E-state index in [4.69, 9.17) is 0 Å². The first kappa shape index (κ1) is 14.4. The van der Waals surface area contributed by atoms with Gasteiger partial charge in [0.15, 0.2) is 9.84 Å². The van der Waals surface area contributed by atoms with Gasteiger partial charge in [-0.3, -0.25) is 0 Å². The number of anilines is 1. The van der Waals surface area contributed by atoms with Gasteiger partial charge in [0.05, 0.1) is 17.1 Å². The van der Waals surface area contributed by atoms with Crippen LogP contribution in [0.25, 0.3) is 5.69 Å². The summed E-state index contributed by atoms with van der Waals surface area (Å²) in [5.41, 5.74) is 1.57. The second-order valence-electron chi connectivity index (χ2n) is 4.52. The van der Waals surface area contributed by atoms with Crippen LogP contribution in [-0.2, 0) is 9.84 Å². The van der Waals surface area contributed by atoms with Crippen molar-refractivity contribution < 1.29 is 8.42 Å². The minimum atomic E-state index is -3.02. The minimum Gasteiger partial charge on any atom is -0.380 e. The first-order chi connectivity index (χ1) is 9.52. The Morgan fingerprint density at radius 1 is 1.35 bits per heavy atom. The lowest BCUT2D eigenvalue weighted by Crippen LogP contribution is -2.27. The van der Waals surface area contributed by atoms with Crippen LogP contribution in [0.2, 0.25) is 0 Å². The van der Waals surface area contributed by atoms with Gasteiger partial charge < -0.3 is 5.32 Å². The van der Waals surface area contributed by atoms with Gasteiger partial charge >= 0.3 is 0 Å². The fourth-order valence-corrected chi connectivity index (χ4v) is 2.95. The molecule has 0 aliphatic carbocycles. The normalized spacial score (nSPS) is 13.1. The zero-order chi connectivity index (χ0) is 14.6. The molecule has 0 fully saturated rings. The van der Waals surface area contributed by atoms with E-state index in [-0.39, 0.29) is 17.5 Å². The topological polar surface area (TPSA) is 89.8 Å². The molecule has 0 saturated carbocycles. The van der Waals surface area contributed by atoms with Crippen molar-refractivity contribution in [2.24, 2.45) is 0 Å². The van der Waals surface area contributed by atoms with Crippen LogP contribution in [0.4, 0.5) is 5.69 Å². The molecule has 0 aliphatic rings. The van der Waals surface area contributed by atoms with Crippen molar-refractivity contribution in [1.29, 1.82) is 0 Å².